The molecule has 1 heterocycles. The average molecular weight is 318 g/mol. The topological polar surface area (TPSA) is 34.0 Å². The van der Waals surface area contributed by atoms with Gasteiger partial charge in [-0.15, -0.1) is 0 Å². The van der Waals surface area contributed by atoms with Crippen molar-refractivity contribution < 1.29 is 4.79 Å². The van der Waals surface area contributed by atoms with E-state index in [0.717, 1.165) is 17.8 Å². The average Bonchev–Trinajstić information content (AvgIpc) is 3.03. The number of benzene rings is 2. The number of hydrogen-bond donors (Lipinski definition) is 1. The minimum atomic E-state index is 0.0456. The van der Waals surface area contributed by atoms with Gasteiger partial charge < -0.3 is 9.88 Å². The molecule has 0 radical (unpaired) electrons. The molecule has 3 aromatic rings. The number of nitrogens with zero attached hydrogens (tertiary/aromatic N) is 1. The quantitative estimate of drug-likeness (QED) is 0.739. The highest BCUT2D eigenvalue weighted by atomic mass is 16.1. The Morgan fingerprint density at radius 1 is 0.917 bits per heavy atom. The SMILES string of the molecule is Cc1ccc(Cn2cccc2CNC(=O)Cc2ccccc2)cc1. The third-order valence-electron chi connectivity index (χ3n) is 4.07. The first-order valence-corrected chi connectivity index (χ1v) is 8.21. The maximum Gasteiger partial charge on any atom is 0.224 e. The molecule has 0 atom stereocenters. The Morgan fingerprint density at radius 3 is 2.42 bits per heavy atom. The van der Waals surface area contributed by atoms with Crippen LogP contribution in [0.3, 0.4) is 0 Å². The van der Waals surface area contributed by atoms with Crippen LogP contribution < -0.4 is 5.32 Å². The first kappa shape index (κ1) is 16.1. The van der Waals surface area contributed by atoms with Gasteiger partial charge in [0.1, 0.15) is 0 Å². The fourth-order valence-electron chi connectivity index (χ4n) is 2.69. The van der Waals surface area contributed by atoms with Gasteiger partial charge in [0.25, 0.3) is 0 Å². The van der Waals surface area contributed by atoms with Crippen LogP contribution in [0.2, 0.25) is 0 Å². The summed E-state index contributed by atoms with van der Waals surface area (Å²) >= 11 is 0. The van der Waals surface area contributed by atoms with Gasteiger partial charge in [0, 0.05) is 18.4 Å². The van der Waals surface area contributed by atoms with E-state index in [9.17, 15) is 4.79 Å². The Kier molecular flexibility index (Phi) is 5.12. The van der Waals surface area contributed by atoms with Crippen molar-refractivity contribution in [2.75, 3.05) is 0 Å². The van der Waals surface area contributed by atoms with Crippen LogP contribution in [0.5, 0.6) is 0 Å². The molecule has 0 fully saturated rings. The number of carbonyl (C=O) groups excluding carboxylic acids is 1. The molecule has 1 aromatic heterocycles. The molecule has 122 valence electrons. The summed E-state index contributed by atoms with van der Waals surface area (Å²) in [6.07, 6.45) is 2.47. The zero-order chi connectivity index (χ0) is 16.8. The summed E-state index contributed by atoms with van der Waals surface area (Å²) in [6.45, 7) is 3.45. The molecule has 0 saturated heterocycles. The molecule has 1 N–H and O–H groups in total. The highest BCUT2D eigenvalue weighted by Crippen LogP contribution is 2.09. The van der Waals surface area contributed by atoms with Crippen molar-refractivity contribution in [3.63, 3.8) is 0 Å². The van der Waals surface area contributed by atoms with E-state index in [-0.39, 0.29) is 5.91 Å². The molecule has 24 heavy (non-hydrogen) atoms. The number of aromatic nitrogens is 1. The summed E-state index contributed by atoms with van der Waals surface area (Å²) in [5, 5.41) is 3.01. The van der Waals surface area contributed by atoms with E-state index in [1.165, 1.54) is 11.1 Å². The molecule has 0 spiro atoms. The van der Waals surface area contributed by atoms with Gasteiger partial charge >= 0.3 is 0 Å². The van der Waals surface area contributed by atoms with E-state index in [0.29, 0.717) is 13.0 Å². The fourth-order valence-corrected chi connectivity index (χ4v) is 2.69. The number of rotatable bonds is 6. The van der Waals surface area contributed by atoms with Gasteiger partial charge in [0.05, 0.1) is 13.0 Å². The molecule has 3 heteroatoms. The predicted octanol–water partition coefficient (Wildman–Crippen LogP) is 3.70. The van der Waals surface area contributed by atoms with Gasteiger partial charge in [-0.05, 0) is 30.2 Å². The summed E-state index contributed by atoms with van der Waals surface area (Å²) in [7, 11) is 0. The van der Waals surface area contributed by atoms with E-state index < -0.39 is 0 Å². The van der Waals surface area contributed by atoms with Gasteiger partial charge in [-0.25, -0.2) is 0 Å². The monoisotopic (exact) mass is 318 g/mol. The van der Waals surface area contributed by atoms with Crippen LogP contribution in [0.25, 0.3) is 0 Å². The Hall–Kier alpha value is -2.81. The minimum absolute atomic E-state index is 0.0456. The van der Waals surface area contributed by atoms with Crippen LogP contribution in [0.1, 0.15) is 22.4 Å². The van der Waals surface area contributed by atoms with Gasteiger partial charge in [0.15, 0.2) is 0 Å². The van der Waals surface area contributed by atoms with E-state index >= 15 is 0 Å². The number of nitrogens with one attached hydrogen (secondary N) is 1. The third kappa shape index (κ3) is 4.35. The van der Waals surface area contributed by atoms with Crippen molar-refractivity contribution in [3.05, 3.63) is 95.3 Å². The fraction of sp³-hybridized carbons (Fsp3) is 0.190. The summed E-state index contributed by atoms with van der Waals surface area (Å²) in [5.41, 5.74) is 4.66. The van der Waals surface area contributed by atoms with Crippen LogP contribution in [0.4, 0.5) is 0 Å². The number of carbonyl (C=O) groups is 1. The van der Waals surface area contributed by atoms with Crippen LogP contribution >= 0.6 is 0 Å². The zero-order valence-electron chi connectivity index (χ0n) is 13.9. The van der Waals surface area contributed by atoms with E-state index in [2.05, 4.69) is 53.3 Å². The Balaban J connectivity index is 1.57. The predicted molar refractivity (Wildman–Crippen MR) is 96.7 cm³/mol. The normalized spacial score (nSPS) is 10.5. The second-order valence-electron chi connectivity index (χ2n) is 6.05. The van der Waals surface area contributed by atoms with Crippen LogP contribution in [0.15, 0.2) is 72.9 Å². The largest absolute Gasteiger partial charge is 0.350 e. The van der Waals surface area contributed by atoms with Crippen molar-refractivity contribution in [3.8, 4) is 0 Å². The van der Waals surface area contributed by atoms with Gasteiger partial charge in [0.2, 0.25) is 5.91 Å². The zero-order valence-corrected chi connectivity index (χ0v) is 13.9. The summed E-state index contributed by atoms with van der Waals surface area (Å²) in [6, 6.07) is 22.4. The molecule has 2 aromatic carbocycles. The van der Waals surface area contributed by atoms with Crippen LogP contribution in [0, 0.1) is 6.92 Å². The Bertz CT molecular complexity index is 788. The molecular formula is C21H22N2O. The summed E-state index contributed by atoms with van der Waals surface area (Å²) in [4.78, 5) is 12.1. The van der Waals surface area contributed by atoms with Crippen molar-refractivity contribution >= 4 is 5.91 Å². The molecule has 3 nitrogen and oxygen atoms in total. The van der Waals surface area contributed by atoms with E-state index in [4.69, 9.17) is 0 Å². The van der Waals surface area contributed by atoms with E-state index in [1.54, 1.807) is 0 Å². The third-order valence-corrected chi connectivity index (χ3v) is 4.07. The Morgan fingerprint density at radius 2 is 1.67 bits per heavy atom. The molecule has 0 aliphatic carbocycles. The molecular weight excluding hydrogens is 296 g/mol. The minimum Gasteiger partial charge on any atom is -0.350 e. The lowest BCUT2D eigenvalue weighted by molar-refractivity contribution is -0.120. The van der Waals surface area contributed by atoms with Crippen molar-refractivity contribution in [2.24, 2.45) is 0 Å². The van der Waals surface area contributed by atoms with Crippen molar-refractivity contribution in [2.45, 2.75) is 26.4 Å². The molecule has 0 saturated carbocycles. The molecule has 0 unspecified atom stereocenters. The number of hydrogen-bond acceptors (Lipinski definition) is 1. The van der Waals surface area contributed by atoms with Gasteiger partial charge in [-0.3, -0.25) is 4.79 Å². The number of amides is 1. The van der Waals surface area contributed by atoms with Gasteiger partial charge in [-0.2, -0.15) is 0 Å². The molecule has 3 rings (SSSR count). The smallest absolute Gasteiger partial charge is 0.224 e. The summed E-state index contributed by atoms with van der Waals surface area (Å²) in [5.74, 6) is 0.0456. The Labute approximate surface area is 143 Å². The van der Waals surface area contributed by atoms with Crippen molar-refractivity contribution in [1.29, 1.82) is 0 Å². The second-order valence-corrected chi connectivity index (χ2v) is 6.05. The van der Waals surface area contributed by atoms with Crippen LogP contribution in [-0.2, 0) is 24.3 Å². The second kappa shape index (κ2) is 7.64. The highest BCUT2D eigenvalue weighted by molar-refractivity contribution is 5.78. The highest BCUT2D eigenvalue weighted by Gasteiger charge is 2.06. The molecule has 0 aliphatic rings. The first-order valence-electron chi connectivity index (χ1n) is 8.21. The van der Waals surface area contributed by atoms with Crippen molar-refractivity contribution in [1.82, 2.24) is 9.88 Å². The maximum absolute atomic E-state index is 12.1. The lowest BCUT2D eigenvalue weighted by atomic mass is 10.1. The van der Waals surface area contributed by atoms with E-state index in [1.807, 2.05) is 36.4 Å². The lowest BCUT2D eigenvalue weighted by Crippen LogP contribution is -2.25. The molecule has 0 bridgehead atoms. The standard InChI is InChI=1S/C21H22N2O/c1-17-9-11-19(12-10-17)16-23-13-5-8-20(23)15-22-21(24)14-18-6-3-2-4-7-18/h2-13H,14-16H2,1H3,(H,22,24). The maximum atomic E-state index is 12.1. The first-order chi connectivity index (χ1) is 11.7. The number of aryl methyl sites for hydroxylation is 1. The summed E-state index contributed by atoms with van der Waals surface area (Å²) < 4.78 is 2.17. The van der Waals surface area contributed by atoms with Gasteiger partial charge in [-0.1, -0.05) is 60.2 Å². The molecule has 0 aliphatic heterocycles. The lowest BCUT2D eigenvalue weighted by Gasteiger charge is -2.11. The molecule has 1 amide bonds. The van der Waals surface area contributed by atoms with Crippen LogP contribution in [-0.4, -0.2) is 10.5 Å².